The van der Waals surface area contributed by atoms with E-state index in [9.17, 15) is 4.79 Å². The number of carbonyl (C=O) groups is 1. The van der Waals surface area contributed by atoms with Crippen molar-refractivity contribution in [1.29, 1.82) is 0 Å². The molecule has 1 aliphatic carbocycles. The van der Waals surface area contributed by atoms with Crippen molar-refractivity contribution >= 4 is 18.3 Å². The SMILES string of the molecule is Cc1ncccc1O[C@@H]1CC[C@@H]2CN(C(=O)C3CCNCC3)C[C@@H]21.Cl. The number of fused-ring (bicyclic) bond motifs is 1. The summed E-state index contributed by atoms with van der Waals surface area (Å²) >= 11 is 0. The van der Waals surface area contributed by atoms with E-state index >= 15 is 0 Å². The molecule has 1 amide bonds. The molecule has 2 aliphatic heterocycles. The van der Waals surface area contributed by atoms with Crippen LogP contribution in [0.2, 0.25) is 0 Å². The molecule has 1 saturated carbocycles. The Morgan fingerprint density at radius 2 is 2.04 bits per heavy atom. The highest BCUT2D eigenvalue weighted by molar-refractivity contribution is 5.85. The lowest BCUT2D eigenvalue weighted by atomic mass is 9.96. The van der Waals surface area contributed by atoms with Crippen molar-refractivity contribution in [1.82, 2.24) is 15.2 Å². The summed E-state index contributed by atoms with van der Waals surface area (Å²) in [7, 11) is 0. The number of hydrogen-bond acceptors (Lipinski definition) is 4. The van der Waals surface area contributed by atoms with Gasteiger partial charge in [0.1, 0.15) is 11.9 Å². The number of aryl methyl sites for hydroxylation is 1. The van der Waals surface area contributed by atoms with Gasteiger partial charge in [-0.3, -0.25) is 9.78 Å². The second kappa shape index (κ2) is 7.92. The number of aromatic nitrogens is 1. The van der Waals surface area contributed by atoms with Gasteiger partial charge >= 0.3 is 0 Å². The first-order chi connectivity index (χ1) is 11.7. The van der Waals surface area contributed by atoms with Crippen molar-refractivity contribution in [2.75, 3.05) is 26.2 Å². The van der Waals surface area contributed by atoms with Gasteiger partial charge in [0, 0.05) is 31.1 Å². The number of amides is 1. The third-order valence-electron chi connectivity index (χ3n) is 6.03. The lowest BCUT2D eigenvalue weighted by Crippen LogP contribution is -2.41. The monoisotopic (exact) mass is 365 g/mol. The van der Waals surface area contributed by atoms with Gasteiger partial charge in [0.15, 0.2) is 0 Å². The average molecular weight is 366 g/mol. The number of piperidine rings is 1. The third-order valence-corrected chi connectivity index (χ3v) is 6.03. The molecule has 0 radical (unpaired) electrons. The van der Waals surface area contributed by atoms with E-state index in [0.29, 0.717) is 17.7 Å². The van der Waals surface area contributed by atoms with Gasteiger partial charge in [-0.05, 0) is 63.7 Å². The number of carbonyl (C=O) groups excluding carboxylic acids is 1. The lowest BCUT2D eigenvalue weighted by molar-refractivity contribution is -0.135. The van der Waals surface area contributed by atoms with Gasteiger partial charge in [-0.2, -0.15) is 0 Å². The molecule has 2 saturated heterocycles. The molecule has 6 heteroatoms. The average Bonchev–Trinajstić information content (AvgIpc) is 3.19. The minimum absolute atomic E-state index is 0. The maximum Gasteiger partial charge on any atom is 0.225 e. The molecular weight excluding hydrogens is 338 g/mol. The topological polar surface area (TPSA) is 54.5 Å². The largest absolute Gasteiger partial charge is 0.488 e. The summed E-state index contributed by atoms with van der Waals surface area (Å²) in [6.45, 7) is 5.74. The van der Waals surface area contributed by atoms with Crippen LogP contribution in [0.5, 0.6) is 5.75 Å². The predicted octanol–water partition coefficient (Wildman–Crippen LogP) is 2.43. The number of ether oxygens (including phenoxy) is 1. The van der Waals surface area contributed by atoms with E-state index in [-0.39, 0.29) is 24.4 Å². The molecule has 5 nitrogen and oxygen atoms in total. The number of likely N-dealkylation sites (tertiary alicyclic amines) is 1. The molecule has 4 rings (SSSR count). The molecule has 0 unspecified atom stereocenters. The van der Waals surface area contributed by atoms with Gasteiger partial charge < -0.3 is 15.0 Å². The second-order valence-corrected chi connectivity index (χ2v) is 7.51. The second-order valence-electron chi connectivity index (χ2n) is 7.51. The van der Waals surface area contributed by atoms with Crippen LogP contribution in [0, 0.1) is 24.7 Å². The first kappa shape index (κ1) is 18.5. The van der Waals surface area contributed by atoms with E-state index in [1.54, 1.807) is 6.20 Å². The van der Waals surface area contributed by atoms with Crippen molar-refractivity contribution in [3.8, 4) is 5.75 Å². The van der Waals surface area contributed by atoms with Gasteiger partial charge in [0.2, 0.25) is 5.91 Å². The molecule has 0 aromatic carbocycles. The highest BCUT2D eigenvalue weighted by Gasteiger charge is 2.46. The van der Waals surface area contributed by atoms with Gasteiger partial charge in [-0.1, -0.05) is 0 Å². The number of halogens is 1. The quantitative estimate of drug-likeness (QED) is 0.893. The van der Waals surface area contributed by atoms with Crippen LogP contribution in [0.4, 0.5) is 0 Å². The number of nitrogens with zero attached hydrogens (tertiary/aromatic N) is 2. The molecule has 25 heavy (non-hydrogen) atoms. The van der Waals surface area contributed by atoms with Gasteiger partial charge in [0.25, 0.3) is 0 Å². The van der Waals surface area contributed by atoms with Crippen LogP contribution in [0.1, 0.15) is 31.4 Å². The predicted molar refractivity (Wildman–Crippen MR) is 99.0 cm³/mol. The molecular formula is C19H28ClN3O2. The summed E-state index contributed by atoms with van der Waals surface area (Å²) in [5.41, 5.74) is 0.946. The summed E-state index contributed by atoms with van der Waals surface area (Å²) in [5.74, 6) is 2.59. The van der Waals surface area contributed by atoms with E-state index in [0.717, 1.165) is 56.9 Å². The number of pyridine rings is 1. The molecule has 1 N–H and O–H groups in total. The van der Waals surface area contributed by atoms with E-state index in [1.807, 2.05) is 19.1 Å². The molecule has 0 bridgehead atoms. The van der Waals surface area contributed by atoms with Crippen molar-refractivity contribution in [2.45, 2.75) is 38.7 Å². The van der Waals surface area contributed by atoms with Crippen LogP contribution in [-0.2, 0) is 4.79 Å². The Morgan fingerprint density at radius 1 is 1.24 bits per heavy atom. The Labute approximate surface area is 155 Å². The zero-order valence-electron chi connectivity index (χ0n) is 14.8. The van der Waals surface area contributed by atoms with Gasteiger partial charge in [-0.25, -0.2) is 0 Å². The summed E-state index contributed by atoms with van der Waals surface area (Å²) in [6, 6.07) is 3.93. The van der Waals surface area contributed by atoms with Crippen LogP contribution in [0.3, 0.4) is 0 Å². The number of hydrogen-bond donors (Lipinski definition) is 1. The minimum atomic E-state index is 0. The zero-order chi connectivity index (χ0) is 16.5. The van der Waals surface area contributed by atoms with E-state index < -0.39 is 0 Å². The summed E-state index contributed by atoms with van der Waals surface area (Å²) in [5, 5.41) is 3.34. The van der Waals surface area contributed by atoms with Crippen LogP contribution in [-0.4, -0.2) is 48.1 Å². The maximum atomic E-state index is 12.8. The number of nitrogens with one attached hydrogen (secondary N) is 1. The summed E-state index contributed by atoms with van der Waals surface area (Å²) in [4.78, 5) is 19.2. The van der Waals surface area contributed by atoms with Crippen LogP contribution < -0.4 is 10.1 Å². The first-order valence-corrected chi connectivity index (χ1v) is 9.30. The molecule has 3 heterocycles. The Kier molecular flexibility index (Phi) is 5.85. The first-order valence-electron chi connectivity index (χ1n) is 9.30. The maximum absolute atomic E-state index is 12.8. The van der Waals surface area contributed by atoms with E-state index in [2.05, 4.69) is 15.2 Å². The normalized spacial score (nSPS) is 29.2. The Bertz CT molecular complexity index is 606. The van der Waals surface area contributed by atoms with Crippen molar-refractivity contribution < 1.29 is 9.53 Å². The fourth-order valence-electron chi connectivity index (χ4n) is 4.63. The highest BCUT2D eigenvalue weighted by atomic mass is 35.5. The molecule has 1 aromatic rings. The Balaban J connectivity index is 0.00000182. The molecule has 0 spiro atoms. The van der Waals surface area contributed by atoms with Gasteiger partial charge in [0.05, 0.1) is 5.69 Å². The molecule has 138 valence electrons. The highest BCUT2D eigenvalue weighted by Crippen LogP contribution is 2.41. The number of rotatable bonds is 3. The molecule has 1 aromatic heterocycles. The fourth-order valence-corrected chi connectivity index (χ4v) is 4.63. The Hall–Kier alpha value is -1.33. The van der Waals surface area contributed by atoms with Crippen molar-refractivity contribution in [3.63, 3.8) is 0 Å². The molecule has 3 aliphatic rings. The van der Waals surface area contributed by atoms with Crippen LogP contribution in [0.25, 0.3) is 0 Å². The third kappa shape index (κ3) is 3.77. The molecule has 3 atom stereocenters. The fraction of sp³-hybridized carbons (Fsp3) is 0.684. The van der Waals surface area contributed by atoms with Crippen LogP contribution >= 0.6 is 12.4 Å². The lowest BCUT2D eigenvalue weighted by Gasteiger charge is -2.28. The minimum Gasteiger partial charge on any atom is -0.488 e. The summed E-state index contributed by atoms with van der Waals surface area (Å²) < 4.78 is 6.28. The van der Waals surface area contributed by atoms with Crippen molar-refractivity contribution in [3.05, 3.63) is 24.0 Å². The smallest absolute Gasteiger partial charge is 0.225 e. The van der Waals surface area contributed by atoms with E-state index in [4.69, 9.17) is 4.74 Å². The Morgan fingerprint density at radius 3 is 2.80 bits per heavy atom. The standard InChI is InChI=1S/C19H27N3O2.ClH/c1-13-17(3-2-8-21-13)24-18-5-4-15-11-22(12-16(15)18)19(23)14-6-9-20-10-7-14;/h2-3,8,14-16,18,20H,4-7,9-12H2,1H3;1H/t15-,16+,18-;/m1./s1. The van der Waals surface area contributed by atoms with Crippen LogP contribution in [0.15, 0.2) is 18.3 Å². The molecule has 3 fully saturated rings. The summed E-state index contributed by atoms with van der Waals surface area (Å²) in [6.07, 6.45) is 6.26. The van der Waals surface area contributed by atoms with E-state index in [1.165, 1.54) is 6.42 Å². The zero-order valence-corrected chi connectivity index (χ0v) is 15.6. The van der Waals surface area contributed by atoms with Crippen molar-refractivity contribution in [2.24, 2.45) is 17.8 Å². The van der Waals surface area contributed by atoms with Gasteiger partial charge in [-0.15, -0.1) is 12.4 Å².